The summed E-state index contributed by atoms with van der Waals surface area (Å²) in [6.07, 6.45) is -2.93. The molecular weight excluding hydrogens is 310 g/mol. The summed E-state index contributed by atoms with van der Waals surface area (Å²) in [6.45, 7) is 4.87. The highest BCUT2D eigenvalue weighted by atomic mass is 35.5. The third kappa shape index (κ3) is 5.29. The van der Waals surface area contributed by atoms with Gasteiger partial charge in [-0.1, -0.05) is 23.7 Å². The summed E-state index contributed by atoms with van der Waals surface area (Å²) in [5.74, 6) is 0. The van der Waals surface area contributed by atoms with Crippen LogP contribution in [0, 0.1) is 0 Å². The third-order valence-corrected chi connectivity index (χ3v) is 3.06. The number of carbonyl (C=O) groups excluding carboxylic acids is 2. The minimum atomic E-state index is -1.41. The molecule has 1 aromatic rings. The predicted molar refractivity (Wildman–Crippen MR) is 82.0 cm³/mol. The normalized spacial score (nSPS) is 14.1. The molecule has 0 saturated carbocycles. The number of aliphatic hydroxyl groups excluding tert-OH is 2. The fraction of sp³-hybridized carbons (Fsp3) is 0.467. The van der Waals surface area contributed by atoms with Crippen molar-refractivity contribution in [2.45, 2.75) is 38.6 Å². The number of amides is 1. The monoisotopic (exact) mass is 329 g/mol. The lowest BCUT2D eigenvalue weighted by atomic mass is 9.99. The van der Waals surface area contributed by atoms with Gasteiger partial charge in [0, 0.05) is 22.7 Å². The van der Waals surface area contributed by atoms with E-state index in [1.54, 1.807) is 26.8 Å². The summed E-state index contributed by atoms with van der Waals surface area (Å²) < 4.78 is 5.02. The van der Waals surface area contributed by atoms with E-state index in [9.17, 15) is 19.8 Å². The lowest BCUT2D eigenvalue weighted by Gasteiger charge is -2.23. The molecule has 22 heavy (non-hydrogen) atoms. The average molecular weight is 330 g/mol. The lowest BCUT2D eigenvalue weighted by Crippen LogP contribution is -2.39. The molecule has 0 radical (unpaired) electrons. The highest BCUT2D eigenvalue weighted by Crippen LogP contribution is 2.28. The lowest BCUT2D eigenvalue weighted by molar-refractivity contribution is 0.0127. The molecule has 2 atom stereocenters. The molecule has 6 nitrogen and oxygen atoms in total. The zero-order valence-electron chi connectivity index (χ0n) is 12.7. The van der Waals surface area contributed by atoms with Crippen molar-refractivity contribution in [3.05, 3.63) is 34.3 Å². The zero-order chi connectivity index (χ0) is 16.9. The van der Waals surface area contributed by atoms with Gasteiger partial charge in [-0.25, -0.2) is 4.79 Å². The van der Waals surface area contributed by atoms with Gasteiger partial charge in [-0.3, -0.25) is 4.79 Å². The second-order valence-corrected chi connectivity index (χ2v) is 6.16. The molecule has 1 aromatic carbocycles. The second kappa shape index (κ2) is 7.58. The van der Waals surface area contributed by atoms with Crippen molar-refractivity contribution >= 4 is 24.0 Å². The van der Waals surface area contributed by atoms with Crippen LogP contribution in [0.2, 0.25) is 5.02 Å². The molecule has 7 heteroatoms. The van der Waals surface area contributed by atoms with Crippen LogP contribution in [0.4, 0.5) is 4.79 Å². The van der Waals surface area contributed by atoms with E-state index in [0.29, 0.717) is 6.29 Å². The van der Waals surface area contributed by atoms with Crippen LogP contribution in [0.1, 0.15) is 42.8 Å². The molecule has 0 aliphatic heterocycles. The minimum absolute atomic E-state index is 0.123. The van der Waals surface area contributed by atoms with Crippen LogP contribution < -0.4 is 5.32 Å². The number of hydrogen-bond acceptors (Lipinski definition) is 5. The Bertz CT molecular complexity index is 541. The van der Waals surface area contributed by atoms with Gasteiger partial charge in [0.25, 0.3) is 0 Å². The molecule has 0 spiro atoms. The van der Waals surface area contributed by atoms with E-state index < -0.39 is 23.9 Å². The van der Waals surface area contributed by atoms with Crippen molar-refractivity contribution in [3.8, 4) is 0 Å². The molecule has 0 heterocycles. The zero-order valence-corrected chi connectivity index (χ0v) is 13.4. The summed E-state index contributed by atoms with van der Waals surface area (Å²) in [5.41, 5.74) is -0.366. The molecule has 1 amide bonds. The molecule has 3 N–H and O–H groups in total. The Morgan fingerprint density at radius 3 is 2.59 bits per heavy atom. The largest absolute Gasteiger partial charge is 0.444 e. The average Bonchev–Trinajstić information content (AvgIpc) is 2.41. The number of rotatable bonds is 5. The number of aldehydes is 1. The number of ether oxygens (including phenoxy) is 1. The molecule has 0 saturated heterocycles. The van der Waals surface area contributed by atoms with E-state index >= 15 is 0 Å². The molecule has 0 aliphatic rings. The minimum Gasteiger partial charge on any atom is -0.444 e. The van der Waals surface area contributed by atoms with Crippen LogP contribution in [0.25, 0.3) is 0 Å². The maximum absolute atomic E-state index is 11.5. The van der Waals surface area contributed by atoms with Crippen LogP contribution in [0.3, 0.4) is 0 Å². The summed E-state index contributed by atoms with van der Waals surface area (Å²) in [6, 6.07) is 4.54. The number of alkyl carbamates (subject to hydrolysis) is 1. The maximum Gasteiger partial charge on any atom is 0.407 e. The van der Waals surface area contributed by atoms with E-state index in [2.05, 4.69) is 5.32 Å². The Hall–Kier alpha value is -1.63. The molecular formula is C15H20ClNO5. The molecule has 1 rings (SSSR count). The molecule has 0 aromatic heterocycles. The standard InChI is InChI=1S/C15H20ClNO5/c1-15(2,3)22-14(21)17-7-11(19)13(20)12-9(8-18)5-4-6-10(12)16/h4-6,8,11,13,19-20H,7H2,1-3H3,(H,17,21). The smallest absolute Gasteiger partial charge is 0.407 e. The van der Waals surface area contributed by atoms with Crippen LogP contribution in [0.15, 0.2) is 18.2 Å². The van der Waals surface area contributed by atoms with Gasteiger partial charge in [-0.2, -0.15) is 0 Å². The molecule has 0 aliphatic carbocycles. The number of carbonyl (C=O) groups is 2. The fourth-order valence-electron chi connectivity index (χ4n) is 1.77. The van der Waals surface area contributed by atoms with E-state index in [4.69, 9.17) is 16.3 Å². The number of halogens is 1. The molecule has 0 bridgehead atoms. The molecule has 122 valence electrons. The van der Waals surface area contributed by atoms with Gasteiger partial charge in [-0.05, 0) is 26.8 Å². The predicted octanol–water partition coefficient (Wildman–Crippen LogP) is 2.07. The van der Waals surface area contributed by atoms with Crippen LogP contribution in [0.5, 0.6) is 0 Å². The Morgan fingerprint density at radius 2 is 2.05 bits per heavy atom. The van der Waals surface area contributed by atoms with Gasteiger partial charge < -0.3 is 20.3 Å². The van der Waals surface area contributed by atoms with Crippen molar-refractivity contribution in [1.29, 1.82) is 0 Å². The SMILES string of the molecule is CC(C)(C)OC(=O)NCC(O)C(O)c1c(Cl)cccc1C=O. The number of nitrogens with one attached hydrogen (secondary N) is 1. The van der Waals surface area contributed by atoms with Gasteiger partial charge in [0.15, 0.2) is 0 Å². The third-order valence-electron chi connectivity index (χ3n) is 2.73. The van der Waals surface area contributed by atoms with Gasteiger partial charge in [0.2, 0.25) is 0 Å². The molecule has 0 fully saturated rings. The maximum atomic E-state index is 11.5. The van der Waals surface area contributed by atoms with E-state index in [1.165, 1.54) is 12.1 Å². The van der Waals surface area contributed by atoms with Gasteiger partial charge in [-0.15, -0.1) is 0 Å². The summed E-state index contributed by atoms with van der Waals surface area (Å²) in [5, 5.41) is 22.6. The first-order valence-electron chi connectivity index (χ1n) is 6.72. The first-order valence-corrected chi connectivity index (χ1v) is 7.10. The van der Waals surface area contributed by atoms with E-state index in [1.807, 2.05) is 0 Å². The van der Waals surface area contributed by atoms with Crippen molar-refractivity contribution in [1.82, 2.24) is 5.32 Å². The quantitative estimate of drug-likeness (QED) is 0.719. The highest BCUT2D eigenvalue weighted by molar-refractivity contribution is 6.31. The second-order valence-electron chi connectivity index (χ2n) is 5.76. The molecule has 2 unspecified atom stereocenters. The van der Waals surface area contributed by atoms with Crippen LogP contribution in [-0.2, 0) is 4.74 Å². The summed E-state index contributed by atoms with van der Waals surface area (Å²) in [4.78, 5) is 22.5. The first-order chi connectivity index (χ1) is 10.2. The number of aliphatic hydroxyl groups is 2. The van der Waals surface area contributed by atoms with Gasteiger partial charge in [0.05, 0.1) is 0 Å². The topological polar surface area (TPSA) is 95.9 Å². The van der Waals surface area contributed by atoms with Crippen molar-refractivity contribution < 1.29 is 24.5 Å². The van der Waals surface area contributed by atoms with Gasteiger partial charge >= 0.3 is 6.09 Å². The Morgan fingerprint density at radius 1 is 1.41 bits per heavy atom. The summed E-state index contributed by atoms with van der Waals surface area (Å²) in [7, 11) is 0. The van der Waals surface area contributed by atoms with Crippen molar-refractivity contribution in [3.63, 3.8) is 0 Å². The van der Waals surface area contributed by atoms with E-state index in [-0.39, 0.29) is 22.7 Å². The Balaban J connectivity index is 2.72. The summed E-state index contributed by atoms with van der Waals surface area (Å²) >= 11 is 5.95. The highest BCUT2D eigenvalue weighted by Gasteiger charge is 2.25. The Kier molecular flexibility index (Phi) is 6.34. The fourth-order valence-corrected chi connectivity index (χ4v) is 2.07. The van der Waals surface area contributed by atoms with Gasteiger partial charge in [0.1, 0.15) is 24.1 Å². The number of hydrogen-bond donors (Lipinski definition) is 3. The van der Waals surface area contributed by atoms with E-state index in [0.717, 1.165) is 0 Å². The van der Waals surface area contributed by atoms with Crippen LogP contribution in [-0.4, -0.2) is 40.8 Å². The van der Waals surface area contributed by atoms with Crippen molar-refractivity contribution in [2.75, 3.05) is 6.54 Å². The first kappa shape index (κ1) is 18.4. The number of benzene rings is 1. The van der Waals surface area contributed by atoms with Crippen LogP contribution >= 0.6 is 11.6 Å². The Labute approximate surface area is 134 Å². The van der Waals surface area contributed by atoms with Crippen molar-refractivity contribution in [2.24, 2.45) is 0 Å².